The standard InChI is InChI=1S/C10H7.3C6H5.Sn/c1-2-3-7-10-8-5-4-6-9-10;3*1-2-4-6-5-3-1;/h4-6,8-9H,1H2;3*1-5H;. The van der Waals surface area contributed by atoms with Crippen molar-refractivity contribution in [3.63, 3.8) is 0 Å². The second kappa shape index (κ2) is 8.99. The summed E-state index contributed by atoms with van der Waals surface area (Å²) in [7, 11) is 0. The molecular formula is C28H22Sn. The molecule has 0 aliphatic rings. The summed E-state index contributed by atoms with van der Waals surface area (Å²) < 4.78 is 5.16. The van der Waals surface area contributed by atoms with Gasteiger partial charge in [0.05, 0.1) is 0 Å². The third kappa shape index (κ3) is 3.92. The fourth-order valence-corrected chi connectivity index (χ4v) is 16.3. The number of hydrogen-bond donors (Lipinski definition) is 0. The minimum atomic E-state index is -3.57. The summed E-state index contributed by atoms with van der Waals surface area (Å²) >= 11 is -3.57. The van der Waals surface area contributed by atoms with E-state index >= 15 is 0 Å². The van der Waals surface area contributed by atoms with Gasteiger partial charge in [-0.15, -0.1) is 0 Å². The second-order valence-corrected chi connectivity index (χ2v) is 17.9. The monoisotopic (exact) mass is 478 g/mol. The van der Waals surface area contributed by atoms with Crippen molar-refractivity contribution < 1.29 is 0 Å². The molecule has 0 heterocycles. The van der Waals surface area contributed by atoms with Crippen molar-refractivity contribution in [1.29, 1.82) is 0 Å². The quantitative estimate of drug-likeness (QED) is 0.304. The molecule has 0 aliphatic carbocycles. The molecule has 0 atom stereocenters. The molecule has 0 unspecified atom stereocenters. The summed E-state index contributed by atoms with van der Waals surface area (Å²) in [6.45, 7) is 4.59. The summed E-state index contributed by atoms with van der Waals surface area (Å²) in [4.78, 5) is 0. The molecule has 0 nitrogen and oxygen atoms in total. The van der Waals surface area contributed by atoms with Crippen molar-refractivity contribution in [3.05, 3.63) is 137 Å². The van der Waals surface area contributed by atoms with Crippen LogP contribution in [0.5, 0.6) is 0 Å². The third-order valence-corrected chi connectivity index (χ3v) is 18.4. The molecule has 0 amide bonds. The maximum atomic E-state index is 4.59. The van der Waals surface area contributed by atoms with Gasteiger partial charge in [0.25, 0.3) is 0 Å². The Balaban J connectivity index is 1.98. The molecule has 4 aromatic rings. The van der Waals surface area contributed by atoms with Crippen LogP contribution in [0.3, 0.4) is 0 Å². The molecule has 0 spiro atoms. The first kappa shape index (κ1) is 19.3. The predicted octanol–water partition coefficient (Wildman–Crippen LogP) is 4.30. The van der Waals surface area contributed by atoms with Crippen LogP contribution in [-0.2, 0) is 0 Å². The van der Waals surface area contributed by atoms with E-state index in [0.717, 1.165) is 9.15 Å². The Morgan fingerprint density at radius 2 is 0.862 bits per heavy atom. The van der Waals surface area contributed by atoms with Crippen LogP contribution < -0.4 is 10.7 Å². The van der Waals surface area contributed by atoms with Crippen molar-refractivity contribution in [2.75, 3.05) is 0 Å². The van der Waals surface area contributed by atoms with E-state index in [1.54, 1.807) is 0 Å². The maximum absolute atomic E-state index is 4.59. The summed E-state index contributed by atoms with van der Waals surface area (Å²) in [5, 5.41) is 0. The van der Waals surface area contributed by atoms with E-state index in [-0.39, 0.29) is 0 Å². The summed E-state index contributed by atoms with van der Waals surface area (Å²) in [5.74, 6) is 6.85. The van der Waals surface area contributed by atoms with Crippen LogP contribution in [0.4, 0.5) is 0 Å². The van der Waals surface area contributed by atoms with Crippen molar-refractivity contribution in [2.45, 2.75) is 0 Å². The molecule has 138 valence electrons. The molecule has 0 aliphatic heterocycles. The average Bonchev–Trinajstić information content (AvgIpc) is 2.81. The van der Waals surface area contributed by atoms with E-state index < -0.39 is 18.4 Å². The molecule has 0 N–H and O–H groups in total. The zero-order chi connectivity index (χ0) is 19.9. The molecule has 0 bridgehead atoms. The van der Waals surface area contributed by atoms with Crippen LogP contribution in [0.15, 0.2) is 131 Å². The van der Waals surface area contributed by atoms with E-state index in [4.69, 9.17) is 0 Å². The zero-order valence-corrected chi connectivity index (χ0v) is 19.1. The van der Waals surface area contributed by atoms with Gasteiger partial charge in [0.2, 0.25) is 0 Å². The molecule has 4 rings (SSSR count). The predicted molar refractivity (Wildman–Crippen MR) is 126 cm³/mol. The van der Waals surface area contributed by atoms with Crippen LogP contribution >= 0.6 is 0 Å². The Kier molecular flexibility index (Phi) is 5.98. The van der Waals surface area contributed by atoms with Gasteiger partial charge in [0.15, 0.2) is 0 Å². The SMILES string of the molecule is C=[C](C#Cc1ccccc1)[Sn]([c]1ccccc1)([c]1ccccc1)[c]1ccccc1. The Labute approximate surface area is 177 Å². The average molecular weight is 477 g/mol. The molecule has 0 fully saturated rings. The molecule has 0 aromatic heterocycles. The fourth-order valence-electron chi connectivity index (χ4n) is 3.85. The van der Waals surface area contributed by atoms with Crippen molar-refractivity contribution in [1.82, 2.24) is 0 Å². The Morgan fingerprint density at radius 3 is 1.24 bits per heavy atom. The van der Waals surface area contributed by atoms with Crippen LogP contribution in [0, 0.1) is 11.8 Å². The van der Waals surface area contributed by atoms with Gasteiger partial charge < -0.3 is 0 Å². The van der Waals surface area contributed by atoms with Gasteiger partial charge in [-0.05, 0) is 0 Å². The van der Waals surface area contributed by atoms with E-state index in [0.29, 0.717) is 0 Å². The summed E-state index contributed by atoms with van der Waals surface area (Å²) in [6, 6.07) is 42.7. The van der Waals surface area contributed by atoms with Crippen LogP contribution in [0.25, 0.3) is 0 Å². The van der Waals surface area contributed by atoms with E-state index in [2.05, 4.69) is 109 Å². The summed E-state index contributed by atoms with van der Waals surface area (Å²) in [6.07, 6.45) is 0. The Hall–Kier alpha value is -3.02. The van der Waals surface area contributed by atoms with Gasteiger partial charge in [0.1, 0.15) is 0 Å². The van der Waals surface area contributed by atoms with E-state index in [9.17, 15) is 0 Å². The third-order valence-electron chi connectivity index (χ3n) is 5.20. The Bertz CT molecular complexity index is 1040. The topological polar surface area (TPSA) is 0 Å². The van der Waals surface area contributed by atoms with Gasteiger partial charge in [0, 0.05) is 0 Å². The van der Waals surface area contributed by atoms with Crippen molar-refractivity contribution in [2.24, 2.45) is 0 Å². The fraction of sp³-hybridized carbons (Fsp3) is 0. The summed E-state index contributed by atoms with van der Waals surface area (Å²) in [5.41, 5.74) is 1.02. The van der Waals surface area contributed by atoms with Gasteiger partial charge in [-0.25, -0.2) is 0 Å². The van der Waals surface area contributed by atoms with Crippen molar-refractivity contribution in [3.8, 4) is 11.8 Å². The van der Waals surface area contributed by atoms with Gasteiger partial charge in [-0.1, -0.05) is 0 Å². The second-order valence-electron chi connectivity index (χ2n) is 6.94. The zero-order valence-electron chi connectivity index (χ0n) is 16.3. The van der Waals surface area contributed by atoms with E-state index in [1.165, 1.54) is 10.7 Å². The first-order chi connectivity index (χ1) is 14.3. The number of rotatable bonds is 4. The van der Waals surface area contributed by atoms with Gasteiger partial charge in [-0.3, -0.25) is 0 Å². The molecular weight excluding hydrogens is 455 g/mol. The van der Waals surface area contributed by atoms with Crippen molar-refractivity contribution >= 4 is 29.1 Å². The molecule has 1 heteroatoms. The van der Waals surface area contributed by atoms with E-state index in [1.807, 2.05) is 30.3 Å². The Morgan fingerprint density at radius 1 is 0.517 bits per heavy atom. The first-order valence-electron chi connectivity index (χ1n) is 9.75. The molecule has 4 aromatic carbocycles. The molecule has 0 radical (unpaired) electrons. The molecule has 0 saturated carbocycles. The van der Waals surface area contributed by atoms with Gasteiger partial charge in [-0.2, -0.15) is 0 Å². The van der Waals surface area contributed by atoms with Gasteiger partial charge >= 0.3 is 178 Å². The first-order valence-corrected chi connectivity index (χ1v) is 15.5. The number of benzene rings is 4. The van der Waals surface area contributed by atoms with Crippen LogP contribution in [0.1, 0.15) is 5.56 Å². The van der Waals surface area contributed by atoms with Crippen LogP contribution in [0.2, 0.25) is 0 Å². The minimum absolute atomic E-state index is 1.02. The van der Waals surface area contributed by atoms with Crippen LogP contribution in [-0.4, -0.2) is 18.4 Å². The number of hydrogen-bond acceptors (Lipinski definition) is 0. The molecule has 0 saturated heterocycles. The normalized spacial score (nSPS) is 10.6. The molecule has 29 heavy (non-hydrogen) atoms. The number of allylic oxidation sites excluding steroid dienone is 1.